The Morgan fingerprint density at radius 3 is 1.21 bits per heavy atom. The van der Waals surface area contributed by atoms with Crippen LogP contribution in [0.1, 0.15) is 155 Å². The van der Waals surface area contributed by atoms with Crippen molar-refractivity contribution in [3.8, 4) is 0 Å². The molecule has 0 radical (unpaired) electrons. The van der Waals surface area contributed by atoms with Crippen LogP contribution in [0.3, 0.4) is 0 Å². The fourth-order valence-corrected chi connectivity index (χ4v) is 4.43. The van der Waals surface area contributed by atoms with Crippen molar-refractivity contribution in [2.24, 2.45) is 11.5 Å². The van der Waals surface area contributed by atoms with E-state index in [-0.39, 0.29) is 37.5 Å². The quantitative estimate of drug-likeness (QED) is 0.0824. The van der Waals surface area contributed by atoms with Gasteiger partial charge in [-0.15, -0.1) is 5.12 Å². The molecule has 9 nitrogen and oxygen atoms in total. The van der Waals surface area contributed by atoms with Crippen molar-refractivity contribution in [1.29, 1.82) is 0 Å². The summed E-state index contributed by atoms with van der Waals surface area (Å²) in [6, 6.07) is -1.07. The number of unbranched alkanes of at least 4 members (excludes halogenated alkanes) is 16. The normalized spacial score (nSPS) is 11.9. The molecule has 9 heteroatoms. The van der Waals surface area contributed by atoms with Crippen LogP contribution in [0.25, 0.3) is 0 Å². The fourth-order valence-electron chi connectivity index (χ4n) is 4.43. The molecule has 6 N–H and O–H groups in total. The minimum absolute atomic E-state index is 0.00128. The molecule has 0 rings (SSSR count). The van der Waals surface area contributed by atoms with Crippen molar-refractivity contribution < 1.29 is 19.2 Å². The lowest BCUT2D eigenvalue weighted by molar-refractivity contribution is -0.141. The highest BCUT2D eigenvalue weighted by Crippen LogP contribution is 2.12. The van der Waals surface area contributed by atoms with E-state index in [1.165, 1.54) is 77.0 Å². The second kappa shape index (κ2) is 25.1. The highest BCUT2D eigenvalue weighted by Gasteiger charge is 2.27. The van der Waals surface area contributed by atoms with E-state index >= 15 is 0 Å². The Bertz CT molecular complexity index is 608. The minimum Gasteiger partial charge on any atom is -0.370 e. The zero-order valence-corrected chi connectivity index (χ0v) is 24.4. The van der Waals surface area contributed by atoms with Crippen molar-refractivity contribution in [1.82, 2.24) is 16.0 Å². The van der Waals surface area contributed by atoms with Gasteiger partial charge in [0.05, 0.1) is 0 Å². The Kier molecular flexibility index (Phi) is 23.7. The van der Waals surface area contributed by atoms with Gasteiger partial charge < -0.3 is 11.5 Å². The number of hydrogen-bond acceptors (Lipinski definition) is 5. The first-order chi connectivity index (χ1) is 18.3. The van der Waals surface area contributed by atoms with E-state index in [0.717, 1.165) is 43.6 Å². The standard InChI is InChI=1S/C29H57N5O4/c1-3-5-7-9-11-13-15-17-19-21-27(36)32-34(25(29(31)38)23-24-26(30)35)33-28(37)22-20-18-16-14-12-10-8-6-4-2/h25H,3-24H2,1-2H3,(H2,30,35)(H2,31,38)(H,32,36)(H,33,37)/t25-/m0/s1. The molecule has 1 atom stereocenters. The van der Waals surface area contributed by atoms with Gasteiger partial charge in [-0.05, 0) is 19.3 Å². The Hall–Kier alpha value is -2.16. The second-order valence-electron chi connectivity index (χ2n) is 10.5. The predicted octanol–water partition coefficient (Wildman–Crippen LogP) is 5.31. The van der Waals surface area contributed by atoms with E-state index in [2.05, 4.69) is 24.7 Å². The van der Waals surface area contributed by atoms with Crippen LogP contribution >= 0.6 is 0 Å². The third-order valence-electron chi connectivity index (χ3n) is 6.81. The third kappa shape index (κ3) is 21.9. The second-order valence-corrected chi connectivity index (χ2v) is 10.5. The highest BCUT2D eigenvalue weighted by atomic mass is 16.2. The molecule has 222 valence electrons. The van der Waals surface area contributed by atoms with Crippen LogP contribution in [0.15, 0.2) is 0 Å². The van der Waals surface area contributed by atoms with Crippen LogP contribution in [0.4, 0.5) is 0 Å². The van der Waals surface area contributed by atoms with Crippen LogP contribution in [0.5, 0.6) is 0 Å². The van der Waals surface area contributed by atoms with Crippen molar-refractivity contribution in [2.75, 3.05) is 0 Å². The number of hydrogen-bond donors (Lipinski definition) is 4. The molecule has 0 spiro atoms. The van der Waals surface area contributed by atoms with Crippen LogP contribution in [-0.4, -0.2) is 34.8 Å². The van der Waals surface area contributed by atoms with E-state index in [4.69, 9.17) is 11.5 Å². The predicted molar refractivity (Wildman–Crippen MR) is 153 cm³/mol. The van der Waals surface area contributed by atoms with Crippen LogP contribution in [0.2, 0.25) is 0 Å². The van der Waals surface area contributed by atoms with Gasteiger partial charge in [-0.25, -0.2) is 0 Å². The molecule has 0 aliphatic rings. The van der Waals surface area contributed by atoms with Crippen molar-refractivity contribution in [3.63, 3.8) is 0 Å². The van der Waals surface area contributed by atoms with Crippen LogP contribution in [0, 0.1) is 0 Å². The topological polar surface area (TPSA) is 148 Å². The van der Waals surface area contributed by atoms with Gasteiger partial charge in [-0.3, -0.25) is 30.0 Å². The van der Waals surface area contributed by atoms with E-state index in [1.807, 2.05) is 0 Å². The van der Waals surface area contributed by atoms with Gasteiger partial charge in [0.25, 0.3) is 0 Å². The lowest BCUT2D eigenvalue weighted by atomic mass is 10.1. The number of nitrogens with one attached hydrogen (secondary N) is 2. The summed E-state index contributed by atoms with van der Waals surface area (Å²) in [6.07, 6.45) is 21.0. The molecule has 0 bridgehead atoms. The number of carbonyl (C=O) groups excluding carboxylic acids is 4. The first kappa shape index (κ1) is 35.8. The molecule has 0 aromatic carbocycles. The molecule has 0 saturated heterocycles. The molecule has 0 unspecified atom stereocenters. The van der Waals surface area contributed by atoms with E-state index in [9.17, 15) is 19.2 Å². The van der Waals surface area contributed by atoms with Gasteiger partial charge >= 0.3 is 0 Å². The molecule has 0 fully saturated rings. The molecule has 0 saturated carbocycles. The van der Waals surface area contributed by atoms with Gasteiger partial charge in [0.1, 0.15) is 6.04 Å². The summed E-state index contributed by atoms with van der Waals surface area (Å²) in [6.45, 7) is 4.41. The zero-order valence-electron chi connectivity index (χ0n) is 24.4. The summed E-state index contributed by atoms with van der Waals surface area (Å²) in [4.78, 5) is 48.5. The summed E-state index contributed by atoms with van der Waals surface area (Å²) in [5, 5.41) is 1.08. The molecule has 0 aromatic rings. The monoisotopic (exact) mass is 539 g/mol. The summed E-state index contributed by atoms with van der Waals surface area (Å²) in [5.41, 5.74) is 16.0. The maximum Gasteiger partial charge on any atom is 0.238 e. The van der Waals surface area contributed by atoms with Gasteiger partial charge in [-0.2, -0.15) is 0 Å². The molecular formula is C29H57N5O4. The Morgan fingerprint density at radius 1 is 0.553 bits per heavy atom. The van der Waals surface area contributed by atoms with Crippen LogP contribution in [-0.2, 0) is 19.2 Å². The molecule has 0 aromatic heterocycles. The van der Waals surface area contributed by atoms with E-state index in [0.29, 0.717) is 0 Å². The largest absolute Gasteiger partial charge is 0.370 e. The smallest absolute Gasteiger partial charge is 0.238 e. The first-order valence-corrected chi connectivity index (χ1v) is 15.3. The summed E-state index contributed by atoms with van der Waals surface area (Å²) >= 11 is 0. The minimum atomic E-state index is -1.07. The maximum atomic E-state index is 12.6. The van der Waals surface area contributed by atoms with Crippen molar-refractivity contribution >= 4 is 23.6 Å². The third-order valence-corrected chi connectivity index (χ3v) is 6.81. The van der Waals surface area contributed by atoms with Crippen molar-refractivity contribution in [3.05, 3.63) is 0 Å². The number of hydrazine groups is 2. The highest BCUT2D eigenvalue weighted by molar-refractivity contribution is 5.83. The van der Waals surface area contributed by atoms with Gasteiger partial charge in [0.2, 0.25) is 23.6 Å². The Morgan fingerprint density at radius 2 is 0.895 bits per heavy atom. The lowest BCUT2D eigenvalue weighted by Gasteiger charge is -2.29. The van der Waals surface area contributed by atoms with E-state index < -0.39 is 17.9 Å². The maximum absolute atomic E-state index is 12.6. The van der Waals surface area contributed by atoms with E-state index in [1.54, 1.807) is 0 Å². The number of carbonyl (C=O) groups is 4. The summed E-state index contributed by atoms with van der Waals surface area (Å²) < 4.78 is 0. The molecule has 0 aliphatic carbocycles. The molecular weight excluding hydrogens is 482 g/mol. The number of nitrogens with two attached hydrogens (primary N) is 2. The Balaban J connectivity index is 4.56. The zero-order chi connectivity index (χ0) is 28.4. The van der Waals surface area contributed by atoms with Crippen molar-refractivity contribution in [2.45, 2.75) is 161 Å². The molecule has 4 amide bonds. The molecule has 0 aliphatic heterocycles. The average Bonchev–Trinajstić information content (AvgIpc) is 2.86. The lowest BCUT2D eigenvalue weighted by Crippen LogP contribution is -2.61. The van der Waals surface area contributed by atoms with Gasteiger partial charge in [-0.1, -0.05) is 117 Å². The average molecular weight is 540 g/mol. The number of primary amides is 2. The number of rotatable bonds is 27. The van der Waals surface area contributed by atoms with Gasteiger partial charge in [0, 0.05) is 19.3 Å². The Labute approximate surface area is 231 Å². The summed E-state index contributed by atoms with van der Waals surface area (Å²) in [5.74, 6) is -1.94. The number of nitrogens with zero attached hydrogens (tertiary/aromatic N) is 1. The van der Waals surface area contributed by atoms with Crippen LogP contribution < -0.4 is 22.3 Å². The fraction of sp³-hybridized carbons (Fsp3) is 0.862. The molecule has 0 heterocycles. The van der Waals surface area contributed by atoms with Gasteiger partial charge in [0.15, 0.2) is 0 Å². The SMILES string of the molecule is CCCCCCCCCCCC(=O)NN(NC(=O)CCCCCCCCCCC)[C@@H](CCC(N)=O)C(N)=O. The number of amides is 4. The molecule has 38 heavy (non-hydrogen) atoms. The summed E-state index contributed by atoms with van der Waals surface area (Å²) in [7, 11) is 0. The first-order valence-electron chi connectivity index (χ1n) is 15.3.